The Balaban J connectivity index is 1.27. The van der Waals surface area contributed by atoms with E-state index in [1.54, 1.807) is 6.20 Å². The molecule has 1 aliphatic rings. The van der Waals surface area contributed by atoms with Crippen LogP contribution < -0.4 is 15.0 Å². The van der Waals surface area contributed by atoms with E-state index in [1.165, 1.54) is 0 Å². The van der Waals surface area contributed by atoms with Crippen molar-refractivity contribution in [2.45, 2.75) is 6.92 Å². The Morgan fingerprint density at radius 1 is 0.912 bits per heavy atom. The van der Waals surface area contributed by atoms with Gasteiger partial charge in [-0.05, 0) is 48.0 Å². The highest BCUT2D eigenvalue weighted by Gasteiger charge is 2.26. The monoisotopic (exact) mass is 454 g/mol. The fourth-order valence-electron chi connectivity index (χ4n) is 4.17. The molecule has 0 aliphatic carbocycles. The summed E-state index contributed by atoms with van der Waals surface area (Å²) in [4.78, 5) is 21.8. The van der Waals surface area contributed by atoms with Crippen molar-refractivity contribution in [2.24, 2.45) is 0 Å². The number of nitrogens with zero attached hydrogens (tertiary/aromatic N) is 5. The van der Waals surface area contributed by atoms with Crippen molar-refractivity contribution in [1.29, 1.82) is 0 Å². The first-order chi connectivity index (χ1) is 16.7. The topological polar surface area (TPSA) is 83.5 Å². The molecule has 4 aromatic rings. The van der Waals surface area contributed by atoms with Crippen LogP contribution in [0, 0.1) is 0 Å². The van der Waals surface area contributed by atoms with E-state index in [2.05, 4.69) is 25.4 Å². The minimum atomic E-state index is 0.000827. The minimum absolute atomic E-state index is 0.000827. The molecule has 5 rings (SSSR count). The van der Waals surface area contributed by atoms with Crippen molar-refractivity contribution < 1.29 is 9.53 Å². The largest absolute Gasteiger partial charge is 0.493 e. The van der Waals surface area contributed by atoms with Crippen LogP contribution in [0.4, 0.5) is 17.5 Å². The van der Waals surface area contributed by atoms with Gasteiger partial charge in [0.2, 0.25) is 0 Å². The van der Waals surface area contributed by atoms with Gasteiger partial charge in [0.15, 0.2) is 11.6 Å². The molecule has 1 amide bonds. The van der Waals surface area contributed by atoms with Gasteiger partial charge in [-0.15, -0.1) is 10.2 Å². The maximum absolute atomic E-state index is 13.6. The number of hydrogen-bond donors (Lipinski definition) is 1. The zero-order valence-corrected chi connectivity index (χ0v) is 19.0. The second-order valence-electron chi connectivity index (χ2n) is 7.99. The van der Waals surface area contributed by atoms with Crippen LogP contribution in [-0.2, 0) is 0 Å². The number of nitrogens with one attached hydrogen (secondary N) is 1. The van der Waals surface area contributed by atoms with Gasteiger partial charge in [-0.2, -0.15) is 0 Å². The third-order valence-electron chi connectivity index (χ3n) is 5.87. The van der Waals surface area contributed by atoms with E-state index in [-0.39, 0.29) is 5.91 Å². The zero-order valence-electron chi connectivity index (χ0n) is 19.0. The van der Waals surface area contributed by atoms with Crippen LogP contribution in [0.3, 0.4) is 0 Å². The van der Waals surface area contributed by atoms with Crippen LogP contribution >= 0.6 is 0 Å². The third kappa shape index (κ3) is 4.47. The summed E-state index contributed by atoms with van der Waals surface area (Å²) in [5, 5.41) is 13.7. The lowest BCUT2D eigenvalue weighted by Crippen LogP contribution is -2.49. The molecular weight excluding hydrogens is 428 g/mol. The quantitative estimate of drug-likeness (QED) is 0.469. The molecule has 8 heteroatoms. The lowest BCUT2D eigenvalue weighted by molar-refractivity contribution is 0.0744. The highest BCUT2D eigenvalue weighted by molar-refractivity contribution is 6.09. The average molecular weight is 455 g/mol. The molecule has 8 nitrogen and oxygen atoms in total. The highest BCUT2D eigenvalue weighted by Crippen LogP contribution is 2.30. The second kappa shape index (κ2) is 9.74. The van der Waals surface area contributed by atoms with E-state index in [0.29, 0.717) is 49.9 Å². The number of carbonyl (C=O) groups is 1. The van der Waals surface area contributed by atoms with E-state index in [1.807, 2.05) is 78.6 Å². The molecule has 172 valence electrons. The van der Waals surface area contributed by atoms with Crippen LogP contribution in [0.1, 0.15) is 17.3 Å². The van der Waals surface area contributed by atoms with E-state index >= 15 is 0 Å². The molecular formula is C26H26N6O2. The lowest BCUT2D eigenvalue weighted by Gasteiger charge is -2.35. The number of anilines is 3. The van der Waals surface area contributed by atoms with Crippen LogP contribution in [0.2, 0.25) is 0 Å². The van der Waals surface area contributed by atoms with Gasteiger partial charge in [0.25, 0.3) is 5.91 Å². The van der Waals surface area contributed by atoms with Crippen molar-refractivity contribution in [3.63, 3.8) is 0 Å². The van der Waals surface area contributed by atoms with Crippen molar-refractivity contribution >= 4 is 34.1 Å². The first kappa shape index (κ1) is 21.6. The molecule has 0 saturated carbocycles. The summed E-state index contributed by atoms with van der Waals surface area (Å²) < 4.78 is 5.81. The molecule has 0 spiro atoms. The van der Waals surface area contributed by atoms with Gasteiger partial charge in [0, 0.05) is 32.4 Å². The van der Waals surface area contributed by atoms with Gasteiger partial charge < -0.3 is 19.9 Å². The predicted octanol–water partition coefficient (Wildman–Crippen LogP) is 4.13. The number of fused-ring (bicyclic) bond motifs is 1. The molecule has 1 saturated heterocycles. The molecule has 0 radical (unpaired) electrons. The Morgan fingerprint density at radius 3 is 2.47 bits per heavy atom. The van der Waals surface area contributed by atoms with Gasteiger partial charge in [-0.3, -0.25) is 4.79 Å². The molecule has 0 unspecified atom stereocenters. The molecule has 3 heterocycles. The number of benzene rings is 2. The number of piperazine rings is 1. The summed E-state index contributed by atoms with van der Waals surface area (Å²) in [7, 11) is 0. The second-order valence-corrected chi connectivity index (χ2v) is 7.99. The van der Waals surface area contributed by atoms with Crippen LogP contribution in [-0.4, -0.2) is 58.8 Å². The molecule has 1 N–H and O–H groups in total. The smallest absolute Gasteiger partial charge is 0.258 e. The normalized spacial score (nSPS) is 13.7. The molecule has 2 aromatic carbocycles. The van der Waals surface area contributed by atoms with Crippen LogP contribution in [0.5, 0.6) is 5.75 Å². The van der Waals surface area contributed by atoms with Gasteiger partial charge in [0.1, 0.15) is 11.6 Å². The zero-order chi connectivity index (χ0) is 23.3. The summed E-state index contributed by atoms with van der Waals surface area (Å²) >= 11 is 0. The number of ether oxygens (including phenoxy) is 1. The van der Waals surface area contributed by atoms with Gasteiger partial charge >= 0.3 is 0 Å². The summed E-state index contributed by atoms with van der Waals surface area (Å²) in [6, 6.07) is 21.3. The molecule has 34 heavy (non-hydrogen) atoms. The predicted molar refractivity (Wildman–Crippen MR) is 133 cm³/mol. The Bertz CT molecular complexity index is 1270. The summed E-state index contributed by atoms with van der Waals surface area (Å²) in [6.07, 6.45) is 1.72. The summed E-state index contributed by atoms with van der Waals surface area (Å²) in [5.41, 5.74) is 0.637. The first-order valence-corrected chi connectivity index (χ1v) is 11.4. The van der Waals surface area contributed by atoms with Crippen molar-refractivity contribution in [3.05, 3.63) is 78.5 Å². The SMILES string of the molecule is CCOc1ccc2ccccc2c1C(=O)N1CCN(c2ccc(Nc3ccccn3)nn2)CC1. The molecule has 1 aliphatic heterocycles. The summed E-state index contributed by atoms with van der Waals surface area (Å²) in [6.45, 7) is 5.01. The fourth-order valence-corrected chi connectivity index (χ4v) is 4.17. The van der Waals surface area contributed by atoms with E-state index in [0.717, 1.165) is 22.4 Å². The average Bonchev–Trinajstić information content (AvgIpc) is 2.89. The maximum atomic E-state index is 13.6. The third-order valence-corrected chi connectivity index (χ3v) is 5.87. The number of carbonyl (C=O) groups excluding carboxylic acids is 1. The van der Waals surface area contributed by atoms with Crippen molar-refractivity contribution in [2.75, 3.05) is 43.0 Å². The number of aromatic nitrogens is 3. The lowest BCUT2D eigenvalue weighted by atomic mass is 10.0. The van der Waals surface area contributed by atoms with E-state index in [9.17, 15) is 4.79 Å². The fraction of sp³-hybridized carbons (Fsp3) is 0.231. The maximum Gasteiger partial charge on any atom is 0.258 e. The Morgan fingerprint density at radius 2 is 1.74 bits per heavy atom. The van der Waals surface area contributed by atoms with Crippen LogP contribution in [0.15, 0.2) is 72.9 Å². The first-order valence-electron chi connectivity index (χ1n) is 11.4. The summed E-state index contributed by atoms with van der Waals surface area (Å²) in [5.74, 6) is 2.78. The number of rotatable bonds is 6. The standard InChI is InChI=1S/C26H26N6O2/c1-2-34-21-11-10-19-7-3-4-8-20(19)25(21)26(33)32-17-15-31(16-18-32)24-13-12-23(29-30-24)28-22-9-5-6-14-27-22/h3-14H,2,15-18H2,1H3,(H,27,28,29). The van der Waals surface area contributed by atoms with Gasteiger partial charge in [-0.25, -0.2) is 4.98 Å². The number of hydrogen-bond acceptors (Lipinski definition) is 7. The van der Waals surface area contributed by atoms with E-state index < -0.39 is 0 Å². The number of pyridine rings is 1. The van der Waals surface area contributed by atoms with Crippen molar-refractivity contribution in [1.82, 2.24) is 20.1 Å². The molecule has 1 fully saturated rings. The minimum Gasteiger partial charge on any atom is -0.493 e. The van der Waals surface area contributed by atoms with Crippen molar-refractivity contribution in [3.8, 4) is 5.75 Å². The Labute approximate surface area is 198 Å². The molecule has 0 bridgehead atoms. The highest BCUT2D eigenvalue weighted by atomic mass is 16.5. The Kier molecular flexibility index (Phi) is 6.20. The number of amides is 1. The molecule has 2 aromatic heterocycles. The van der Waals surface area contributed by atoms with E-state index in [4.69, 9.17) is 4.74 Å². The van der Waals surface area contributed by atoms with Crippen LogP contribution in [0.25, 0.3) is 10.8 Å². The van der Waals surface area contributed by atoms with Gasteiger partial charge in [0.05, 0.1) is 12.2 Å². The Hall–Kier alpha value is -4.20. The van der Waals surface area contributed by atoms with Gasteiger partial charge in [-0.1, -0.05) is 36.4 Å². The molecule has 0 atom stereocenters.